The Kier molecular flexibility index (Phi) is 11.0. The van der Waals surface area contributed by atoms with Gasteiger partial charge in [-0.3, -0.25) is 24.0 Å². The molecule has 13 heteroatoms. The van der Waals surface area contributed by atoms with Gasteiger partial charge in [-0.25, -0.2) is 8.42 Å². The highest BCUT2D eigenvalue weighted by atomic mass is 32.2. The Morgan fingerprint density at radius 3 is 2.29 bits per heavy atom. The van der Waals surface area contributed by atoms with E-state index in [1.165, 1.54) is 31.3 Å². The van der Waals surface area contributed by atoms with Crippen molar-refractivity contribution in [3.63, 3.8) is 0 Å². The molecule has 45 heavy (non-hydrogen) atoms. The van der Waals surface area contributed by atoms with Crippen LogP contribution in [0.25, 0.3) is 0 Å². The molecule has 1 aliphatic rings. The molecular weight excluding hydrogens is 600 g/mol. The third kappa shape index (κ3) is 8.72. The van der Waals surface area contributed by atoms with Crippen LogP contribution in [-0.2, 0) is 32.6 Å². The molecule has 2 amide bonds. The molecule has 0 saturated heterocycles. The zero-order valence-corrected chi connectivity index (χ0v) is 26.4. The minimum absolute atomic E-state index is 0.0220. The van der Waals surface area contributed by atoms with Crippen LogP contribution in [0, 0.1) is 10.1 Å². The number of nitrogens with one attached hydrogen (secondary N) is 1. The zero-order chi connectivity index (χ0) is 32.6. The highest BCUT2D eigenvalue weighted by Crippen LogP contribution is 2.34. The van der Waals surface area contributed by atoms with Gasteiger partial charge in [-0.1, -0.05) is 55.3 Å². The second-order valence-electron chi connectivity index (χ2n) is 11.0. The molecule has 1 N–H and O–H groups in total. The lowest BCUT2D eigenvalue weighted by Crippen LogP contribution is -2.54. The molecule has 0 bridgehead atoms. The Morgan fingerprint density at radius 2 is 1.67 bits per heavy atom. The van der Waals surface area contributed by atoms with E-state index in [2.05, 4.69) is 5.32 Å². The molecule has 4 rings (SSSR count). The number of hydrogen-bond donors (Lipinski definition) is 1. The maximum absolute atomic E-state index is 14.4. The fourth-order valence-corrected chi connectivity index (χ4v) is 6.32. The largest absolute Gasteiger partial charge is 0.497 e. The molecule has 3 aromatic rings. The molecule has 0 spiro atoms. The van der Waals surface area contributed by atoms with E-state index in [1.807, 2.05) is 30.3 Å². The Labute approximate surface area is 263 Å². The number of hydrogen-bond acceptors (Lipinski definition) is 8. The molecule has 0 aliphatic heterocycles. The maximum Gasteiger partial charge on any atom is 0.271 e. The summed E-state index contributed by atoms with van der Waals surface area (Å²) in [7, 11) is -1.35. The van der Waals surface area contributed by atoms with Gasteiger partial charge < -0.3 is 19.7 Å². The number of anilines is 1. The van der Waals surface area contributed by atoms with Crippen molar-refractivity contribution in [3.8, 4) is 11.5 Å². The number of sulfonamides is 1. The molecule has 1 aliphatic carbocycles. The molecule has 12 nitrogen and oxygen atoms in total. The highest BCUT2D eigenvalue weighted by Gasteiger charge is 2.35. The van der Waals surface area contributed by atoms with Gasteiger partial charge in [-0.2, -0.15) is 0 Å². The Balaban J connectivity index is 1.79. The summed E-state index contributed by atoms with van der Waals surface area (Å²) in [5.41, 5.74) is 0.929. The number of methoxy groups -OCH3 is 2. The minimum Gasteiger partial charge on any atom is -0.497 e. The van der Waals surface area contributed by atoms with Gasteiger partial charge in [0.2, 0.25) is 21.8 Å². The molecule has 0 aromatic heterocycles. The lowest BCUT2D eigenvalue weighted by atomic mass is 10.0. The van der Waals surface area contributed by atoms with E-state index in [-0.39, 0.29) is 42.0 Å². The van der Waals surface area contributed by atoms with Crippen molar-refractivity contribution in [2.75, 3.05) is 31.3 Å². The lowest BCUT2D eigenvalue weighted by molar-refractivity contribution is -0.384. The van der Waals surface area contributed by atoms with E-state index in [0.29, 0.717) is 11.3 Å². The van der Waals surface area contributed by atoms with Crippen molar-refractivity contribution in [1.82, 2.24) is 10.2 Å². The summed E-state index contributed by atoms with van der Waals surface area (Å²) in [6, 6.07) is 18.8. The first kappa shape index (κ1) is 33.2. The summed E-state index contributed by atoms with van der Waals surface area (Å²) in [5.74, 6) is -0.452. The molecule has 0 radical (unpaired) electrons. The number of nitrogens with zero attached hydrogens (tertiary/aromatic N) is 3. The first-order valence-electron chi connectivity index (χ1n) is 14.6. The molecule has 240 valence electrons. The van der Waals surface area contributed by atoms with Gasteiger partial charge in [-0.15, -0.1) is 0 Å². The average Bonchev–Trinajstić information content (AvgIpc) is 3.54. The van der Waals surface area contributed by atoms with Gasteiger partial charge >= 0.3 is 0 Å². The van der Waals surface area contributed by atoms with Crippen molar-refractivity contribution in [2.45, 2.75) is 50.7 Å². The maximum atomic E-state index is 14.4. The van der Waals surface area contributed by atoms with Crippen molar-refractivity contribution in [1.29, 1.82) is 0 Å². The molecule has 0 unspecified atom stereocenters. The van der Waals surface area contributed by atoms with Crippen LogP contribution in [0.5, 0.6) is 11.5 Å². The van der Waals surface area contributed by atoms with E-state index >= 15 is 0 Å². The van der Waals surface area contributed by atoms with Gasteiger partial charge in [0.25, 0.3) is 5.69 Å². The van der Waals surface area contributed by atoms with Gasteiger partial charge in [0.05, 0.1) is 25.4 Å². The number of carbonyl (C=O) groups is 2. The number of nitro benzene ring substituents is 1. The van der Waals surface area contributed by atoms with Crippen LogP contribution < -0.4 is 19.1 Å². The quantitative estimate of drug-likeness (QED) is 0.205. The topological polar surface area (TPSA) is 148 Å². The average molecular weight is 639 g/mol. The van der Waals surface area contributed by atoms with Crippen LogP contribution in [0.4, 0.5) is 11.4 Å². The van der Waals surface area contributed by atoms with E-state index in [0.717, 1.165) is 47.9 Å². The predicted molar refractivity (Wildman–Crippen MR) is 170 cm³/mol. The van der Waals surface area contributed by atoms with Crippen LogP contribution in [0.1, 0.15) is 36.8 Å². The molecule has 1 fully saturated rings. The second-order valence-corrected chi connectivity index (χ2v) is 12.9. The summed E-state index contributed by atoms with van der Waals surface area (Å²) in [5, 5.41) is 14.7. The Bertz CT molecular complexity index is 1610. The third-order valence-corrected chi connectivity index (χ3v) is 8.91. The second kappa shape index (κ2) is 14.9. The molecule has 0 heterocycles. The number of ether oxygens (including phenoxy) is 2. The van der Waals surface area contributed by atoms with Crippen LogP contribution >= 0.6 is 0 Å². The number of rotatable bonds is 14. The number of carbonyl (C=O) groups excluding carboxylic acids is 2. The number of amides is 2. The van der Waals surface area contributed by atoms with Crippen molar-refractivity contribution >= 4 is 33.2 Å². The van der Waals surface area contributed by atoms with Crippen LogP contribution in [0.3, 0.4) is 0 Å². The van der Waals surface area contributed by atoms with Crippen molar-refractivity contribution in [3.05, 3.63) is 94.0 Å². The summed E-state index contributed by atoms with van der Waals surface area (Å²) in [6.07, 6.45) is 4.74. The van der Waals surface area contributed by atoms with Gasteiger partial charge in [-0.05, 0) is 42.2 Å². The monoisotopic (exact) mass is 638 g/mol. The minimum atomic E-state index is -4.17. The fourth-order valence-electron chi connectivity index (χ4n) is 5.47. The lowest BCUT2D eigenvalue weighted by Gasteiger charge is -2.34. The highest BCUT2D eigenvalue weighted by molar-refractivity contribution is 7.92. The Morgan fingerprint density at radius 1 is 0.978 bits per heavy atom. The Hall–Kier alpha value is -4.65. The smallest absolute Gasteiger partial charge is 0.271 e. The number of benzene rings is 3. The predicted octanol–water partition coefficient (Wildman–Crippen LogP) is 4.08. The number of nitro groups is 1. The van der Waals surface area contributed by atoms with Crippen LogP contribution in [0.2, 0.25) is 0 Å². The van der Waals surface area contributed by atoms with Gasteiger partial charge in [0, 0.05) is 31.1 Å². The molecular formula is C32H38N4O8S. The van der Waals surface area contributed by atoms with Gasteiger partial charge in [0.15, 0.2) is 0 Å². The van der Waals surface area contributed by atoms with E-state index in [1.54, 1.807) is 24.3 Å². The summed E-state index contributed by atoms with van der Waals surface area (Å²) in [4.78, 5) is 40.6. The molecule has 1 saturated carbocycles. The summed E-state index contributed by atoms with van der Waals surface area (Å²) in [6.45, 7) is -0.766. The first-order valence-corrected chi connectivity index (χ1v) is 16.4. The van der Waals surface area contributed by atoms with Crippen LogP contribution in [0.15, 0.2) is 72.8 Å². The van der Waals surface area contributed by atoms with Gasteiger partial charge in [0.1, 0.15) is 29.8 Å². The van der Waals surface area contributed by atoms with Crippen molar-refractivity contribution in [2.24, 2.45) is 0 Å². The standard InChI is InChI=1S/C32H38N4O8S/c1-43-27-15-9-12-24(18-27)21-34(29(19-23-10-5-4-6-11-23)32(38)33-25-13-7-8-14-25)31(37)22-35(45(3,41)42)28-20-26(36(39)40)16-17-30(28)44-2/h4-6,9-12,15-18,20,25,29H,7-8,13-14,19,21-22H2,1-3H3,(H,33,38)/t29-/m0/s1. The van der Waals surface area contributed by atoms with E-state index in [4.69, 9.17) is 9.47 Å². The normalized spacial score (nSPS) is 13.9. The SMILES string of the molecule is COc1cccc(CN(C(=O)CN(c2cc([N+](=O)[O-])ccc2OC)S(C)(=O)=O)[C@@H](Cc2ccccc2)C(=O)NC2CCCC2)c1. The molecule has 3 aromatic carbocycles. The third-order valence-electron chi connectivity index (χ3n) is 7.78. The molecule has 1 atom stereocenters. The summed E-state index contributed by atoms with van der Waals surface area (Å²) < 4.78 is 37.8. The van der Waals surface area contributed by atoms with E-state index < -0.39 is 33.4 Å². The van der Waals surface area contributed by atoms with Crippen molar-refractivity contribution < 1.29 is 32.4 Å². The first-order chi connectivity index (χ1) is 21.5. The zero-order valence-electron chi connectivity index (χ0n) is 25.5. The fraction of sp³-hybridized carbons (Fsp3) is 0.375. The summed E-state index contributed by atoms with van der Waals surface area (Å²) >= 11 is 0. The van der Waals surface area contributed by atoms with Crippen LogP contribution in [-0.4, -0.2) is 69.2 Å². The van der Waals surface area contributed by atoms with E-state index in [9.17, 15) is 28.1 Å². The number of non-ortho nitro benzene ring substituents is 1.